The van der Waals surface area contributed by atoms with Gasteiger partial charge in [-0.1, -0.05) is 0 Å². The molecule has 2 heterocycles. The average molecular weight is 257 g/mol. The number of aromatic nitrogens is 1. The molecule has 96 valence electrons. The van der Waals surface area contributed by atoms with E-state index in [1.165, 1.54) is 11.5 Å². The molecular weight excluding hydrogens is 238 g/mol. The summed E-state index contributed by atoms with van der Waals surface area (Å²) in [6.45, 7) is 6.25. The molecule has 6 heteroatoms. The van der Waals surface area contributed by atoms with E-state index < -0.39 is 0 Å². The van der Waals surface area contributed by atoms with Crippen molar-refractivity contribution >= 4 is 22.4 Å². The molecule has 0 aliphatic carbocycles. The van der Waals surface area contributed by atoms with Crippen LogP contribution in [0.5, 0.6) is 5.75 Å². The second-order valence-corrected chi connectivity index (χ2v) is 5.19. The van der Waals surface area contributed by atoms with Crippen molar-refractivity contribution in [1.82, 2.24) is 4.37 Å². The fourth-order valence-corrected chi connectivity index (χ4v) is 2.59. The van der Waals surface area contributed by atoms with Crippen molar-refractivity contribution in [3.05, 3.63) is 0 Å². The van der Waals surface area contributed by atoms with E-state index in [0.717, 1.165) is 31.0 Å². The Labute approximate surface area is 105 Å². The third-order valence-electron chi connectivity index (χ3n) is 2.89. The minimum absolute atomic E-state index is 0.0811. The maximum atomic E-state index is 5.75. The fourth-order valence-electron chi connectivity index (χ4n) is 1.93. The summed E-state index contributed by atoms with van der Waals surface area (Å²) in [5.74, 6) is 1.12. The van der Waals surface area contributed by atoms with Crippen LogP contribution in [0.1, 0.15) is 26.7 Å². The smallest absolute Gasteiger partial charge is 0.197 e. The number of hydrogen-bond acceptors (Lipinski definition) is 6. The summed E-state index contributed by atoms with van der Waals surface area (Å²) in [6.07, 6.45) is 2.21. The van der Waals surface area contributed by atoms with Crippen molar-refractivity contribution in [2.75, 3.05) is 30.8 Å². The van der Waals surface area contributed by atoms with Crippen LogP contribution in [0.2, 0.25) is 0 Å². The normalized spacial score (nSPS) is 23.9. The number of nitrogens with one attached hydrogen (secondary N) is 1. The molecule has 0 bridgehead atoms. The van der Waals surface area contributed by atoms with E-state index in [1.54, 1.807) is 0 Å². The van der Waals surface area contributed by atoms with Crippen LogP contribution in [0.15, 0.2) is 0 Å². The number of hydrogen-bond donors (Lipinski definition) is 2. The summed E-state index contributed by atoms with van der Waals surface area (Å²) in [7, 11) is 0. The van der Waals surface area contributed by atoms with Crippen LogP contribution in [-0.2, 0) is 4.74 Å². The Morgan fingerprint density at radius 2 is 2.47 bits per heavy atom. The molecule has 1 aliphatic rings. The molecule has 2 rings (SSSR count). The molecule has 0 amide bonds. The second kappa shape index (κ2) is 5.10. The number of rotatable bonds is 5. The molecule has 1 aliphatic heterocycles. The molecule has 5 nitrogen and oxygen atoms in total. The molecule has 1 aromatic heterocycles. The van der Waals surface area contributed by atoms with Gasteiger partial charge in [-0.3, -0.25) is 0 Å². The standard InChI is InChI=1S/C11H19N3O2S/c1-3-15-8-9(12)14-17-10(8)13-7-11(2)5-4-6-16-11/h13H,3-7H2,1-2H3,(H2,12,14). The molecule has 1 atom stereocenters. The van der Waals surface area contributed by atoms with Gasteiger partial charge in [0.25, 0.3) is 0 Å². The largest absolute Gasteiger partial charge is 0.487 e. The van der Waals surface area contributed by atoms with Crippen LogP contribution in [0.25, 0.3) is 0 Å². The van der Waals surface area contributed by atoms with E-state index in [1.807, 2.05) is 6.92 Å². The molecule has 1 saturated heterocycles. The van der Waals surface area contributed by atoms with Gasteiger partial charge in [-0.25, -0.2) is 0 Å². The van der Waals surface area contributed by atoms with E-state index >= 15 is 0 Å². The lowest BCUT2D eigenvalue weighted by molar-refractivity contribution is 0.0315. The van der Waals surface area contributed by atoms with E-state index in [2.05, 4.69) is 16.6 Å². The Kier molecular flexibility index (Phi) is 3.73. The number of ether oxygens (including phenoxy) is 2. The summed E-state index contributed by atoms with van der Waals surface area (Å²) >= 11 is 1.33. The molecule has 0 spiro atoms. The van der Waals surface area contributed by atoms with E-state index in [9.17, 15) is 0 Å². The molecule has 1 aromatic rings. The maximum Gasteiger partial charge on any atom is 0.197 e. The predicted molar refractivity (Wildman–Crippen MR) is 69.8 cm³/mol. The van der Waals surface area contributed by atoms with Crippen LogP contribution >= 0.6 is 11.5 Å². The summed E-state index contributed by atoms with van der Waals surface area (Å²) in [5, 5.41) is 4.22. The van der Waals surface area contributed by atoms with Crippen LogP contribution in [-0.4, -0.2) is 29.7 Å². The molecule has 1 unspecified atom stereocenters. The Bertz CT molecular complexity index is 375. The summed E-state index contributed by atoms with van der Waals surface area (Å²) < 4.78 is 15.3. The highest BCUT2D eigenvalue weighted by Gasteiger charge is 2.30. The second-order valence-electron chi connectivity index (χ2n) is 4.41. The van der Waals surface area contributed by atoms with Crippen LogP contribution in [0, 0.1) is 0 Å². The monoisotopic (exact) mass is 257 g/mol. The van der Waals surface area contributed by atoms with Gasteiger partial charge in [0.15, 0.2) is 16.6 Å². The van der Waals surface area contributed by atoms with Crippen molar-refractivity contribution in [3.8, 4) is 5.75 Å². The highest BCUT2D eigenvalue weighted by molar-refractivity contribution is 7.11. The number of anilines is 2. The van der Waals surface area contributed by atoms with Crippen LogP contribution in [0.3, 0.4) is 0 Å². The van der Waals surface area contributed by atoms with Gasteiger partial charge in [-0.2, -0.15) is 4.37 Å². The molecule has 1 fully saturated rings. The van der Waals surface area contributed by atoms with Gasteiger partial charge >= 0.3 is 0 Å². The lowest BCUT2D eigenvalue weighted by Crippen LogP contribution is -2.32. The summed E-state index contributed by atoms with van der Waals surface area (Å²) in [6, 6.07) is 0. The topological polar surface area (TPSA) is 69.4 Å². The third-order valence-corrected chi connectivity index (χ3v) is 3.69. The van der Waals surface area contributed by atoms with Gasteiger partial charge < -0.3 is 20.5 Å². The van der Waals surface area contributed by atoms with Gasteiger partial charge in [0.2, 0.25) is 0 Å². The first-order chi connectivity index (χ1) is 8.14. The third kappa shape index (κ3) is 2.81. The SMILES string of the molecule is CCOc1c(N)nsc1NCC1(C)CCCO1. The van der Waals surface area contributed by atoms with E-state index in [0.29, 0.717) is 18.2 Å². The summed E-state index contributed by atoms with van der Waals surface area (Å²) in [5.41, 5.74) is 5.67. The number of nitrogens with zero attached hydrogens (tertiary/aromatic N) is 1. The summed E-state index contributed by atoms with van der Waals surface area (Å²) in [4.78, 5) is 0. The zero-order chi connectivity index (χ0) is 12.3. The average Bonchev–Trinajstić information content (AvgIpc) is 2.87. The first kappa shape index (κ1) is 12.4. The maximum absolute atomic E-state index is 5.75. The molecule has 3 N–H and O–H groups in total. The lowest BCUT2D eigenvalue weighted by atomic mass is 10.0. The predicted octanol–water partition coefficient (Wildman–Crippen LogP) is 2.10. The molecular formula is C11H19N3O2S. The van der Waals surface area contributed by atoms with Crippen molar-refractivity contribution in [1.29, 1.82) is 0 Å². The Hall–Kier alpha value is -1.01. The molecule has 0 radical (unpaired) electrons. The van der Waals surface area contributed by atoms with Crippen LogP contribution < -0.4 is 15.8 Å². The minimum atomic E-state index is -0.0811. The Balaban J connectivity index is 1.98. The highest BCUT2D eigenvalue weighted by Crippen LogP contribution is 2.36. The molecule has 17 heavy (non-hydrogen) atoms. The van der Waals surface area contributed by atoms with Gasteiger partial charge in [-0.15, -0.1) is 0 Å². The van der Waals surface area contributed by atoms with E-state index in [4.69, 9.17) is 15.2 Å². The van der Waals surface area contributed by atoms with Crippen molar-refractivity contribution in [2.24, 2.45) is 0 Å². The fraction of sp³-hybridized carbons (Fsp3) is 0.727. The van der Waals surface area contributed by atoms with Crippen molar-refractivity contribution in [2.45, 2.75) is 32.3 Å². The number of nitrogen functional groups attached to an aromatic ring is 1. The lowest BCUT2D eigenvalue weighted by Gasteiger charge is -2.23. The minimum Gasteiger partial charge on any atom is -0.487 e. The first-order valence-corrected chi connectivity index (χ1v) is 6.68. The van der Waals surface area contributed by atoms with Crippen molar-refractivity contribution < 1.29 is 9.47 Å². The zero-order valence-corrected chi connectivity index (χ0v) is 11.1. The highest BCUT2D eigenvalue weighted by atomic mass is 32.1. The molecule has 0 saturated carbocycles. The van der Waals surface area contributed by atoms with Gasteiger partial charge in [-0.05, 0) is 38.2 Å². The van der Waals surface area contributed by atoms with Gasteiger partial charge in [0.05, 0.1) is 12.2 Å². The first-order valence-electron chi connectivity index (χ1n) is 5.90. The van der Waals surface area contributed by atoms with Crippen molar-refractivity contribution in [3.63, 3.8) is 0 Å². The number of nitrogens with two attached hydrogens (primary N) is 1. The Morgan fingerprint density at radius 3 is 3.12 bits per heavy atom. The zero-order valence-electron chi connectivity index (χ0n) is 10.3. The quantitative estimate of drug-likeness (QED) is 0.845. The van der Waals surface area contributed by atoms with E-state index in [-0.39, 0.29) is 5.60 Å². The van der Waals surface area contributed by atoms with Crippen LogP contribution in [0.4, 0.5) is 10.8 Å². The Morgan fingerprint density at radius 1 is 1.65 bits per heavy atom. The molecule has 0 aromatic carbocycles. The van der Waals surface area contributed by atoms with Gasteiger partial charge in [0, 0.05) is 13.2 Å². The van der Waals surface area contributed by atoms with Gasteiger partial charge in [0.1, 0.15) is 0 Å².